The van der Waals surface area contributed by atoms with E-state index in [0.29, 0.717) is 18.0 Å². The summed E-state index contributed by atoms with van der Waals surface area (Å²) in [5, 5.41) is 2.85. The van der Waals surface area contributed by atoms with E-state index in [9.17, 15) is 9.59 Å². The molecule has 6 heteroatoms. The van der Waals surface area contributed by atoms with Crippen molar-refractivity contribution < 1.29 is 19.1 Å². The number of ether oxygens (including phenoxy) is 2. The summed E-state index contributed by atoms with van der Waals surface area (Å²) in [5.41, 5.74) is 0.842. The number of para-hydroxylation sites is 3. The number of methoxy groups -OCH3 is 1. The molecule has 1 aliphatic heterocycles. The first kappa shape index (κ1) is 16.8. The molecule has 0 spiro atoms. The van der Waals surface area contributed by atoms with Gasteiger partial charge in [0.1, 0.15) is 0 Å². The fourth-order valence-electron chi connectivity index (χ4n) is 2.81. The van der Waals surface area contributed by atoms with Gasteiger partial charge in [-0.1, -0.05) is 30.3 Å². The van der Waals surface area contributed by atoms with Crippen molar-refractivity contribution in [1.82, 2.24) is 5.32 Å². The average Bonchev–Trinajstić information content (AvgIpc) is 3.01. The highest BCUT2D eigenvalue weighted by Crippen LogP contribution is 2.25. The lowest BCUT2D eigenvalue weighted by molar-refractivity contribution is -0.123. The molecule has 1 N–H and O–H groups in total. The number of hydrogen-bond acceptors (Lipinski definition) is 4. The molecule has 1 saturated heterocycles. The lowest BCUT2D eigenvalue weighted by atomic mass is 10.2. The molecular formula is C19H20N2O4. The second kappa shape index (κ2) is 7.70. The summed E-state index contributed by atoms with van der Waals surface area (Å²) in [6.45, 7) is 0.333. The maximum atomic E-state index is 12.2. The first-order chi connectivity index (χ1) is 12.2. The molecule has 0 aliphatic carbocycles. The smallest absolute Gasteiger partial charge is 0.258 e. The number of nitrogens with one attached hydrogen (secondary N) is 1. The van der Waals surface area contributed by atoms with Gasteiger partial charge in [0.05, 0.1) is 13.2 Å². The number of nitrogens with zero attached hydrogens (tertiary/aromatic N) is 1. The number of benzene rings is 2. The van der Waals surface area contributed by atoms with Crippen molar-refractivity contribution in [3.05, 3.63) is 54.6 Å². The van der Waals surface area contributed by atoms with E-state index in [0.717, 1.165) is 5.69 Å². The Morgan fingerprint density at radius 3 is 2.52 bits per heavy atom. The van der Waals surface area contributed by atoms with Crippen LogP contribution in [0, 0.1) is 0 Å². The molecule has 2 amide bonds. The maximum Gasteiger partial charge on any atom is 0.258 e. The molecule has 0 aromatic heterocycles. The van der Waals surface area contributed by atoms with Crippen LogP contribution in [0.1, 0.15) is 6.42 Å². The van der Waals surface area contributed by atoms with Gasteiger partial charge in [0.25, 0.3) is 5.91 Å². The molecular weight excluding hydrogens is 320 g/mol. The van der Waals surface area contributed by atoms with Crippen LogP contribution in [0.3, 0.4) is 0 Å². The molecule has 1 fully saturated rings. The number of rotatable bonds is 6. The van der Waals surface area contributed by atoms with Crippen molar-refractivity contribution >= 4 is 17.5 Å². The molecule has 2 aromatic carbocycles. The van der Waals surface area contributed by atoms with E-state index in [1.165, 1.54) is 0 Å². The average molecular weight is 340 g/mol. The molecule has 0 radical (unpaired) electrons. The Morgan fingerprint density at radius 1 is 1.12 bits per heavy atom. The van der Waals surface area contributed by atoms with Crippen LogP contribution >= 0.6 is 0 Å². The van der Waals surface area contributed by atoms with Gasteiger partial charge in [0, 0.05) is 18.7 Å². The molecule has 1 heterocycles. The SMILES string of the molecule is COc1ccccc1OCC(=O)N[C@@H]1CC(=O)N(c2ccccc2)C1. The molecule has 1 aliphatic rings. The summed E-state index contributed by atoms with van der Waals surface area (Å²) in [4.78, 5) is 26.0. The standard InChI is InChI=1S/C19H20N2O4/c1-24-16-9-5-6-10-17(16)25-13-18(22)20-14-11-19(23)21(12-14)15-7-3-2-4-8-15/h2-10,14H,11-13H2,1H3,(H,20,22)/t14-/m1/s1. The fourth-order valence-corrected chi connectivity index (χ4v) is 2.81. The predicted molar refractivity (Wildman–Crippen MR) is 93.8 cm³/mol. The van der Waals surface area contributed by atoms with E-state index >= 15 is 0 Å². The van der Waals surface area contributed by atoms with Gasteiger partial charge in [-0.25, -0.2) is 0 Å². The predicted octanol–water partition coefficient (Wildman–Crippen LogP) is 2.00. The van der Waals surface area contributed by atoms with Crippen molar-refractivity contribution in [2.45, 2.75) is 12.5 Å². The number of carbonyl (C=O) groups is 2. The summed E-state index contributed by atoms with van der Waals surface area (Å²) < 4.78 is 10.7. The highest BCUT2D eigenvalue weighted by molar-refractivity contribution is 5.96. The zero-order valence-electron chi connectivity index (χ0n) is 14.0. The topological polar surface area (TPSA) is 67.9 Å². The lowest BCUT2D eigenvalue weighted by Gasteiger charge is -2.17. The minimum absolute atomic E-state index is 0.00199. The van der Waals surface area contributed by atoms with E-state index in [4.69, 9.17) is 9.47 Å². The molecule has 25 heavy (non-hydrogen) atoms. The molecule has 0 bridgehead atoms. The van der Waals surface area contributed by atoms with Crippen molar-refractivity contribution in [2.75, 3.05) is 25.2 Å². The zero-order chi connectivity index (χ0) is 17.6. The molecule has 130 valence electrons. The van der Waals surface area contributed by atoms with Crippen LogP contribution in [0.4, 0.5) is 5.69 Å². The number of carbonyl (C=O) groups excluding carboxylic acids is 2. The quantitative estimate of drug-likeness (QED) is 0.873. The van der Waals surface area contributed by atoms with Crippen LogP contribution in [0.5, 0.6) is 11.5 Å². The Hall–Kier alpha value is -3.02. The third-order valence-corrected chi connectivity index (χ3v) is 3.99. The number of amides is 2. The van der Waals surface area contributed by atoms with E-state index in [1.807, 2.05) is 42.5 Å². The minimum Gasteiger partial charge on any atom is -0.493 e. The number of anilines is 1. The molecule has 6 nitrogen and oxygen atoms in total. The van der Waals surface area contributed by atoms with Crippen LogP contribution in [-0.2, 0) is 9.59 Å². The van der Waals surface area contributed by atoms with Gasteiger partial charge in [-0.15, -0.1) is 0 Å². The van der Waals surface area contributed by atoms with Gasteiger partial charge >= 0.3 is 0 Å². The summed E-state index contributed by atoms with van der Waals surface area (Å²) >= 11 is 0. The Balaban J connectivity index is 1.53. The number of hydrogen-bond donors (Lipinski definition) is 1. The van der Waals surface area contributed by atoms with Crippen LogP contribution in [0.15, 0.2) is 54.6 Å². The summed E-state index contributed by atoms with van der Waals surface area (Å²) in [6.07, 6.45) is 0.287. The fraction of sp³-hybridized carbons (Fsp3) is 0.263. The largest absolute Gasteiger partial charge is 0.493 e. The summed E-state index contributed by atoms with van der Waals surface area (Å²) in [6, 6.07) is 16.4. The van der Waals surface area contributed by atoms with Gasteiger partial charge in [-0.05, 0) is 24.3 Å². The van der Waals surface area contributed by atoms with Crippen LogP contribution in [-0.4, -0.2) is 38.1 Å². The van der Waals surface area contributed by atoms with Gasteiger partial charge in [0.15, 0.2) is 18.1 Å². The van der Waals surface area contributed by atoms with Crippen molar-refractivity contribution in [2.24, 2.45) is 0 Å². The van der Waals surface area contributed by atoms with E-state index < -0.39 is 0 Å². The van der Waals surface area contributed by atoms with E-state index in [2.05, 4.69) is 5.32 Å². The zero-order valence-corrected chi connectivity index (χ0v) is 14.0. The van der Waals surface area contributed by atoms with Crippen molar-refractivity contribution in [3.63, 3.8) is 0 Å². The molecule has 3 rings (SSSR count). The van der Waals surface area contributed by atoms with Crippen molar-refractivity contribution in [1.29, 1.82) is 0 Å². The second-order valence-corrected chi connectivity index (χ2v) is 5.75. The third kappa shape index (κ3) is 4.09. The minimum atomic E-state index is -0.265. The molecule has 1 atom stereocenters. The van der Waals surface area contributed by atoms with Gasteiger partial charge < -0.3 is 19.7 Å². The first-order valence-corrected chi connectivity index (χ1v) is 8.08. The monoisotopic (exact) mass is 340 g/mol. The highest BCUT2D eigenvalue weighted by Gasteiger charge is 2.31. The first-order valence-electron chi connectivity index (χ1n) is 8.08. The second-order valence-electron chi connectivity index (χ2n) is 5.75. The summed E-state index contributed by atoms with van der Waals surface area (Å²) in [7, 11) is 1.55. The molecule has 2 aromatic rings. The Morgan fingerprint density at radius 2 is 1.80 bits per heavy atom. The third-order valence-electron chi connectivity index (χ3n) is 3.99. The Bertz CT molecular complexity index is 748. The van der Waals surface area contributed by atoms with E-state index in [1.54, 1.807) is 24.1 Å². The maximum absolute atomic E-state index is 12.2. The van der Waals surface area contributed by atoms with Gasteiger partial charge in [0.2, 0.25) is 5.91 Å². The summed E-state index contributed by atoms with van der Waals surface area (Å²) in [5.74, 6) is 0.816. The van der Waals surface area contributed by atoms with E-state index in [-0.39, 0.29) is 30.9 Å². The molecule has 0 saturated carbocycles. The Labute approximate surface area is 146 Å². The highest BCUT2D eigenvalue weighted by atomic mass is 16.5. The Kier molecular flexibility index (Phi) is 5.18. The normalized spacial score (nSPS) is 16.6. The van der Waals surface area contributed by atoms with Crippen LogP contribution < -0.4 is 19.7 Å². The van der Waals surface area contributed by atoms with Crippen LogP contribution in [0.25, 0.3) is 0 Å². The van der Waals surface area contributed by atoms with Crippen molar-refractivity contribution in [3.8, 4) is 11.5 Å². The van der Waals surface area contributed by atoms with Crippen LogP contribution in [0.2, 0.25) is 0 Å². The van der Waals surface area contributed by atoms with Gasteiger partial charge in [-0.3, -0.25) is 9.59 Å². The molecule has 0 unspecified atom stereocenters. The van der Waals surface area contributed by atoms with Gasteiger partial charge in [-0.2, -0.15) is 0 Å². The lowest BCUT2D eigenvalue weighted by Crippen LogP contribution is -2.39.